The zero-order chi connectivity index (χ0) is 13.0. The molecule has 0 spiro atoms. The number of aliphatic hydroxyl groups is 1. The predicted molar refractivity (Wildman–Crippen MR) is 72.2 cm³/mol. The van der Waals surface area contributed by atoms with Crippen molar-refractivity contribution in [3.8, 4) is 0 Å². The van der Waals surface area contributed by atoms with Crippen LogP contribution in [-0.4, -0.2) is 56.2 Å². The first-order chi connectivity index (χ1) is 8.61. The van der Waals surface area contributed by atoms with E-state index in [0.29, 0.717) is 17.4 Å². The Kier molecular flexibility index (Phi) is 5.04. The van der Waals surface area contributed by atoms with E-state index in [2.05, 4.69) is 4.90 Å². The Labute approximate surface area is 110 Å². The lowest BCUT2D eigenvalue weighted by Crippen LogP contribution is -2.40. The largest absolute Gasteiger partial charge is 0.396 e. The predicted octanol–water partition coefficient (Wildman–Crippen LogP) is 0.906. The van der Waals surface area contributed by atoms with Crippen LogP contribution in [0.4, 0.5) is 0 Å². The summed E-state index contributed by atoms with van der Waals surface area (Å²) in [4.78, 5) is 2.44. The van der Waals surface area contributed by atoms with Gasteiger partial charge in [0.05, 0.1) is 11.5 Å². The van der Waals surface area contributed by atoms with Crippen LogP contribution in [0.25, 0.3) is 0 Å². The first-order valence-electron chi connectivity index (χ1n) is 7.14. The molecule has 18 heavy (non-hydrogen) atoms. The molecule has 1 N–H and O–H groups in total. The molecule has 1 atom stereocenters. The number of likely N-dealkylation sites (tertiary alicyclic amines) is 1. The summed E-state index contributed by atoms with van der Waals surface area (Å²) in [6.07, 6.45) is 5.32. The van der Waals surface area contributed by atoms with Crippen molar-refractivity contribution in [2.75, 3.05) is 37.7 Å². The average Bonchev–Trinajstić information content (AvgIpc) is 2.38. The highest BCUT2D eigenvalue weighted by Crippen LogP contribution is 2.27. The average molecular weight is 275 g/mol. The Morgan fingerprint density at radius 3 is 2.28 bits per heavy atom. The van der Waals surface area contributed by atoms with Gasteiger partial charge >= 0.3 is 0 Å². The molecule has 0 bridgehead atoms. The van der Waals surface area contributed by atoms with E-state index in [1.165, 1.54) is 19.3 Å². The molecule has 0 aliphatic carbocycles. The van der Waals surface area contributed by atoms with E-state index < -0.39 is 9.84 Å². The van der Waals surface area contributed by atoms with E-state index in [-0.39, 0.29) is 12.5 Å². The molecule has 2 heterocycles. The summed E-state index contributed by atoms with van der Waals surface area (Å²) in [6, 6.07) is 0. The van der Waals surface area contributed by atoms with Crippen LogP contribution in [-0.2, 0) is 9.84 Å². The van der Waals surface area contributed by atoms with Crippen LogP contribution >= 0.6 is 0 Å². The monoisotopic (exact) mass is 275 g/mol. The van der Waals surface area contributed by atoms with E-state index in [1.54, 1.807) is 0 Å². The molecule has 1 unspecified atom stereocenters. The number of nitrogens with zero attached hydrogens (tertiary/aromatic N) is 1. The molecule has 0 aromatic heterocycles. The van der Waals surface area contributed by atoms with Gasteiger partial charge in [0.1, 0.15) is 9.84 Å². The van der Waals surface area contributed by atoms with Gasteiger partial charge in [0.25, 0.3) is 0 Å². The standard InChI is InChI=1S/C13H25NO3S/c15-11-13(10-14-6-2-1-3-7-14)12-4-8-18(16,17)9-5-12/h12-13,15H,1-11H2. The molecule has 2 aliphatic rings. The lowest BCUT2D eigenvalue weighted by Gasteiger charge is -2.35. The molecular weight excluding hydrogens is 250 g/mol. The zero-order valence-corrected chi connectivity index (χ0v) is 11.9. The Morgan fingerprint density at radius 2 is 1.72 bits per heavy atom. The first-order valence-corrected chi connectivity index (χ1v) is 8.96. The molecule has 0 radical (unpaired) electrons. The summed E-state index contributed by atoms with van der Waals surface area (Å²) >= 11 is 0. The molecule has 4 nitrogen and oxygen atoms in total. The van der Waals surface area contributed by atoms with Crippen molar-refractivity contribution in [3.05, 3.63) is 0 Å². The molecule has 106 valence electrons. The molecular formula is C13H25NO3S. The van der Waals surface area contributed by atoms with Crippen molar-refractivity contribution in [2.24, 2.45) is 11.8 Å². The zero-order valence-electron chi connectivity index (χ0n) is 11.1. The molecule has 2 fully saturated rings. The SMILES string of the molecule is O=S1(=O)CCC(C(CO)CN2CCCCC2)CC1. The van der Waals surface area contributed by atoms with Crippen molar-refractivity contribution >= 4 is 9.84 Å². The van der Waals surface area contributed by atoms with Gasteiger partial charge in [-0.1, -0.05) is 6.42 Å². The Morgan fingerprint density at radius 1 is 1.11 bits per heavy atom. The van der Waals surface area contributed by atoms with E-state index in [0.717, 1.165) is 32.5 Å². The Hall–Kier alpha value is -0.130. The first kappa shape index (κ1) is 14.3. The minimum absolute atomic E-state index is 0.196. The molecule has 2 aliphatic heterocycles. The third-order valence-corrected chi connectivity index (χ3v) is 6.16. The molecule has 2 rings (SSSR count). The van der Waals surface area contributed by atoms with Crippen LogP contribution in [0.5, 0.6) is 0 Å². The van der Waals surface area contributed by atoms with Crippen molar-refractivity contribution in [1.82, 2.24) is 4.90 Å². The van der Waals surface area contributed by atoms with Crippen molar-refractivity contribution < 1.29 is 13.5 Å². The quantitative estimate of drug-likeness (QED) is 0.828. The van der Waals surface area contributed by atoms with Crippen LogP contribution in [0.1, 0.15) is 32.1 Å². The summed E-state index contributed by atoms with van der Waals surface area (Å²) in [5, 5.41) is 9.56. The van der Waals surface area contributed by atoms with Gasteiger partial charge in [-0.2, -0.15) is 0 Å². The summed E-state index contributed by atoms with van der Waals surface area (Å²) in [6.45, 7) is 3.42. The number of hydrogen-bond donors (Lipinski definition) is 1. The highest BCUT2D eigenvalue weighted by Gasteiger charge is 2.30. The second kappa shape index (κ2) is 6.35. The molecule has 0 aromatic rings. The molecule has 0 aromatic carbocycles. The van der Waals surface area contributed by atoms with Crippen molar-refractivity contribution in [3.63, 3.8) is 0 Å². The van der Waals surface area contributed by atoms with Crippen LogP contribution < -0.4 is 0 Å². The fourth-order valence-electron chi connectivity index (χ4n) is 3.21. The third kappa shape index (κ3) is 3.93. The van der Waals surface area contributed by atoms with Gasteiger partial charge in [0, 0.05) is 13.2 Å². The summed E-state index contributed by atoms with van der Waals surface area (Å²) < 4.78 is 22.8. The van der Waals surface area contributed by atoms with Gasteiger partial charge in [-0.05, 0) is 50.6 Å². The lowest BCUT2D eigenvalue weighted by atomic mass is 9.87. The Balaban J connectivity index is 1.84. The molecule has 2 saturated heterocycles. The second-order valence-corrected chi connectivity index (χ2v) is 8.10. The second-order valence-electron chi connectivity index (χ2n) is 5.79. The Bertz CT molecular complexity index is 335. The highest BCUT2D eigenvalue weighted by atomic mass is 32.2. The van der Waals surface area contributed by atoms with Crippen molar-refractivity contribution in [2.45, 2.75) is 32.1 Å². The molecule has 5 heteroatoms. The van der Waals surface area contributed by atoms with Gasteiger partial charge < -0.3 is 10.0 Å². The molecule has 0 saturated carbocycles. The normalized spacial score (nSPS) is 28.1. The van der Waals surface area contributed by atoms with Gasteiger partial charge in [-0.3, -0.25) is 0 Å². The maximum Gasteiger partial charge on any atom is 0.150 e. The smallest absolute Gasteiger partial charge is 0.150 e. The summed E-state index contributed by atoms with van der Waals surface area (Å²) in [7, 11) is -2.79. The number of sulfone groups is 1. The van der Waals surface area contributed by atoms with Gasteiger partial charge in [-0.15, -0.1) is 0 Å². The van der Waals surface area contributed by atoms with E-state index in [4.69, 9.17) is 0 Å². The topological polar surface area (TPSA) is 57.6 Å². The maximum atomic E-state index is 11.4. The minimum atomic E-state index is -2.79. The van der Waals surface area contributed by atoms with Gasteiger partial charge in [0.2, 0.25) is 0 Å². The van der Waals surface area contributed by atoms with Crippen molar-refractivity contribution in [1.29, 1.82) is 0 Å². The van der Waals surface area contributed by atoms with Crippen LogP contribution in [0.15, 0.2) is 0 Å². The lowest BCUT2D eigenvalue weighted by molar-refractivity contribution is 0.105. The summed E-state index contributed by atoms with van der Waals surface area (Å²) in [5.41, 5.74) is 0. The number of piperidine rings is 1. The number of hydrogen-bond acceptors (Lipinski definition) is 4. The van der Waals surface area contributed by atoms with Gasteiger partial charge in [-0.25, -0.2) is 8.42 Å². The van der Waals surface area contributed by atoms with E-state index in [9.17, 15) is 13.5 Å². The van der Waals surface area contributed by atoms with E-state index >= 15 is 0 Å². The van der Waals surface area contributed by atoms with Crippen LogP contribution in [0.3, 0.4) is 0 Å². The third-order valence-electron chi connectivity index (χ3n) is 4.44. The van der Waals surface area contributed by atoms with Crippen LogP contribution in [0, 0.1) is 11.8 Å². The minimum Gasteiger partial charge on any atom is -0.396 e. The van der Waals surface area contributed by atoms with Crippen LogP contribution in [0.2, 0.25) is 0 Å². The fourth-order valence-corrected chi connectivity index (χ4v) is 4.74. The maximum absolute atomic E-state index is 11.4. The highest BCUT2D eigenvalue weighted by molar-refractivity contribution is 7.91. The van der Waals surface area contributed by atoms with Gasteiger partial charge in [0.15, 0.2) is 0 Å². The summed E-state index contributed by atoms with van der Waals surface area (Å²) in [5.74, 6) is 1.28. The molecule has 0 amide bonds. The van der Waals surface area contributed by atoms with E-state index in [1.807, 2.05) is 0 Å². The number of aliphatic hydroxyl groups excluding tert-OH is 1. The number of rotatable bonds is 4. The fraction of sp³-hybridized carbons (Fsp3) is 1.00.